The molecule has 0 heterocycles. The van der Waals surface area contributed by atoms with Gasteiger partial charge in [-0.15, -0.1) is 0 Å². The summed E-state index contributed by atoms with van der Waals surface area (Å²) in [5.74, 6) is -0.713. The Bertz CT molecular complexity index is 3300. The van der Waals surface area contributed by atoms with Crippen LogP contribution in [0.15, 0.2) is 224 Å². The fourth-order valence-corrected chi connectivity index (χ4v) is 12.9. The SMILES string of the molecule is N#Cc1c(C2c3ccccc3-c3ccccc32)c(C2c3ccccc3-c3ccccc32)c(-c2ccccc2)c(C2c3ccccc3-c3ccccc32)c1C1c2ccccc2-c2ccccc21. The van der Waals surface area contributed by atoms with Crippen LogP contribution in [-0.2, 0) is 0 Å². The molecule has 0 saturated heterocycles. The summed E-state index contributed by atoms with van der Waals surface area (Å²) in [6.45, 7) is 0. The first-order valence-corrected chi connectivity index (χ1v) is 23.2. The van der Waals surface area contributed by atoms with Crippen molar-refractivity contribution in [3.8, 4) is 61.7 Å². The van der Waals surface area contributed by atoms with Crippen molar-refractivity contribution in [1.29, 1.82) is 5.26 Å². The highest BCUT2D eigenvalue weighted by molar-refractivity contribution is 5.93. The van der Waals surface area contributed by atoms with E-state index in [4.69, 9.17) is 0 Å². The average Bonchev–Trinajstić information content (AvgIpc) is 4.11. The lowest BCUT2D eigenvalue weighted by atomic mass is 9.66. The molecule has 0 atom stereocenters. The third-order valence-corrected chi connectivity index (χ3v) is 15.3. The summed E-state index contributed by atoms with van der Waals surface area (Å²) < 4.78 is 0. The number of fused-ring (bicyclic) bond motifs is 12. The number of nitrogens with zero attached hydrogens (tertiary/aromatic N) is 1. The zero-order valence-corrected chi connectivity index (χ0v) is 36.1. The molecule has 1 nitrogen and oxygen atoms in total. The van der Waals surface area contributed by atoms with Crippen molar-refractivity contribution in [3.63, 3.8) is 0 Å². The van der Waals surface area contributed by atoms with Crippen molar-refractivity contribution in [2.45, 2.75) is 23.7 Å². The van der Waals surface area contributed by atoms with E-state index < -0.39 is 0 Å². The number of benzene rings is 10. The van der Waals surface area contributed by atoms with Gasteiger partial charge in [0.1, 0.15) is 0 Å². The molecule has 1 heteroatoms. The van der Waals surface area contributed by atoms with Gasteiger partial charge >= 0.3 is 0 Å². The van der Waals surface area contributed by atoms with Crippen molar-refractivity contribution < 1.29 is 0 Å². The summed E-state index contributed by atoms with van der Waals surface area (Å²) in [7, 11) is 0. The Balaban J connectivity index is 1.26. The molecule has 0 N–H and O–H groups in total. The van der Waals surface area contributed by atoms with E-state index in [1.165, 1.54) is 106 Å². The lowest BCUT2D eigenvalue weighted by Crippen LogP contribution is -2.21. The number of hydrogen-bond donors (Lipinski definition) is 0. The predicted molar refractivity (Wildman–Crippen MR) is 268 cm³/mol. The van der Waals surface area contributed by atoms with Crippen molar-refractivity contribution in [2.75, 3.05) is 0 Å². The van der Waals surface area contributed by atoms with Crippen LogP contribution in [-0.4, -0.2) is 0 Å². The van der Waals surface area contributed by atoms with Gasteiger partial charge in [0.25, 0.3) is 0 Å². The highest BCUT2D eigenvalue weighted by Gasteiger charge is 2.46. The quantitative estimate of drug-likeness (QED) is 0.169. The monoisotopic (exact) mass is 835 g/mol. The van der Waals surface area contributed by atoms with E-state index in [-0.39, 0.29) is 23.7 Å². The minimum Gasteiger partial charge on any atom is -0.192 e. The Hall–Kier alpha value is -8.31. The lowest BCUT2D eigenvalue weighted by Gasteiger charge is -2.35. The molecule has 306 valence electrons. The fourth-order valence-electron chi connectivity index (χ4n) is 12.9. The maximum Gasteiger partial charge on any atom is 0.0998 e. The zero-order valence-electron chi connectivity index (χ0n) is 36.1. The maximum atomic E-state index is 12.6. The van der Waals surface area contributed by atoms with Gasteiger partial charge in [-0.05, 0) is 122 Å². The second-order valence-corrected chi connectivity index (χ2v) is 18.3. The van der Waals surface area contributed by atoms with Gasteiger partial charge < -0.3 is 0 Å². The lowest BCUT2D eigenvalue weighted by molar-refractivity contribution is 0.869. The van der Waals surface area contributed by atoms with E-state index in [1.54, 1.807) is 0 Å². The molecule has 0 bridgehead atoms. The molecule has 0 amide bonds. The summed E-state index contributed by atoms with van der Waals surface area (Å²) in [4.78, 5) is 0. The third kappa shape index (κ3) is 5.05. The minimum absolute atomic E-state index is 0.155. The smallest absolute Gasteiger partial charge is 0.0998 e. The van der Waals surface area contributed by atoms with Crippen LogP contribution in [0.25, 0.3) is 55.6 Å². The Kier molecular flexibility index (Phi) is 8.07. The Morgan fingerprint density at radius 3 is 0.697 bits per heavy atom. The molecule has 4 aliphatic rings. The molecular weight excluding hydrogens is 795 g/mol. The number of rotatable bonds is 5. The van der Waals surface area contributed by atoms with E-state index in [1.807, 2.05) is 0 Å². The largest absolute Gasteiger partial charge is 0.192 e. The van der Waals surface area contributed by atoms with Crippen LogP contribution in [0.2, 0.25) is 0 Å². The molecule has 0 radical (unpaired) electrons. The van der Waals surface area contributed by atoms with E-state index in [0.717, 1.165) is 22.3 Å². The second-order valence-electron chi connectivity index (χ2n) is 18.3. The van der Waals surface area contributed by atoms with Gasteiger partial charge in [-0.2, -0.15) is 5.26 Å². The Labute approximate surface area is 385 Å². The summed E-state index contributed by atoms with van der Waals surface area (Å²) >= 11 is 0. The van der Waals surface area contributed by atoms with Crippen molar-refractivity contribution in [3.05, 3.63) is 297 Å². The van der Waals surface area contributed by atoms with Gasteiger partial charge in [-0.1, -0.05) is 224 Å². The summed E-state index contributed by atoms with van der Waals surface area (Å²) in [6, 6.07) is 86.3. The van der Waals surface area contributed by atoms with Gasteiger partial charge in [0.05, 0.1) is 11.6 Å². The molecule has 0 spiro atoms. The standard InChI is InChI=1S/C65H41N/c66-38-56-62(58-48-30-12-4-22-40(48)41-23-5-13-31-49(41)58)64(60-52-34-16-8-26-44(52)45-27-9-17-35-53(45)60)57(39-20-2-1-3-21-39)65(61-54-36-18-10-28-46(54)47-29-11-19-37-55(47)61)63(56)59-50-32-14-6-24-42(50)43-25-7-15-33-51(43)59/h1-37,58-61H. The summed E-state index contributed by atoms with van der Waals surface area (Å²) in [6.07, 6.45) is 0. The van der Waals surface area contributed by atoms with E-state index >= 15 is 0 Å². The van der Waals surface area contributed by atoms with Crippen molar-refractivity contribution in [1.82, 2.24) is 0 Å². The Morgan fingerprint density at radius 2 is 0.455 bits per heavy atom. The van der Waals surface area contributed by atoms with Crippen LogP contribution < -0.4 is 0 Å². The van der Waals surface area contributed by atoms with Gasteiger partial charge in [0, 0.05) is 23.7 Å². The molecule has 0 unspecified atom stereocenters. The first kappa shape index (κ1) is 37.1. The van der Waals surface area contributed by atoms with Gasteiger partial charge in [-0.3, -0.25) is 0 Å². The zero-order chi connectivity index (χ0) is 43.5. The molecule has 0 aliphatic heterocycles. The average molecular weight is 836 g/mol. The highest BCUT2D eigenvalue weighted by atomic mass is 14.5. The predicted octanol–water partition coefficient (Wildman–Crippen LogP) is 15.9. The van der Waals surface area contributed by atoms with Crippen LogP contribution in [0.5, 0.6) is 0 Å². The van der Waals surface area contributed by atoms with E-state index in [0.29, 0.717) is 0 Å². The van der Waals surface area contributed by atoms with Crippen LogP contribution in [0.1, 0.15) is 96.0 Å². The molecule has 4 aliphatic carbocycles. The third-order valence-electron chi connectivity index (χ3n) is 15.3. The maximum absolute atomic E-state index is 12.6. The number of nitriles is 1. The minimum atomic E-state index is -0.202. The molecule has 14 rings (SSSR count). The Morgan fingerprint density at radius 1 is 0.242 bits per heavy atom. The molecule has 0 saturated carbocycles. The molecular formula is C65H41N. The van der Waals surface area contributed by atoms with E-state index in [9.17, 15) is 5.26 Å². The van der Waals surface area contributed by atoms with E-state index in [2.05, 4.69) is 231 Å². The highest BCUT2D eigenvalue weighted by Crippen LogP contribution is 2.63. The summed E-state index contributed by atoms with van der Waals surface area (Å²) in [5.41, 5.74) is 28.0. The molecule has 10 aromatic carbocycles. The van der Waals surface area contributed by atoms with Gasteiger partial charge in [0.15, 0.2) is 0 Å². The summed E-state index contributed by atoms with van der Waals surface area (Å²) in [5, 5.41) is 12.6. The molecule has 66 heavy (non-hydrogen) atoms. The fraction of sp³-hybridized carbons (Fsp3) is 0.0615. The molecule has 0 fully saturated rings. The molecule has 10 aromatic rings. The first-order valence-electron chi connectivity index (χ1n) is 23.2. The van der Waals surface area contributed by atoms with Crippen molar-refractivity contribution in [2.24, 2.45) is 0 Å². The van der Waals surface area contributed by atoms with Crippen LogP contribution in [0.4, 0.5) is 0 Å². The number of hydrogen-bond acceptors (Lipinski definition) is 1. The van der Waals surface area contributed by atoms with Crippen LogP contribution in [0.3, 0.4) is 0 Å². The normalized spacial score (nSPS) is 14.1. The van der Waals surface area contributed by atoms with Gasteiger partial charge in [-0.25, -0.2) is 0 Å². The topological polar surface area (TPSA) is 23.8 Å². The van der Waals surface area contributed by atoms with Crippen LogP contribution in [0, 0.1) is 11.3 Å². The second kappa shape index (κ2) is 14.3. The van der Waals surface area contributed by atoms with Crippen molar-refractivity contribution >= 4 is 0 Å². The molecule has 0 aromatic heterocycles. The first-order chi connectivity index (χ1) is 32.8. The van der Waals surface area contributed by atoms with Gasteiger partial charge in [0.2, 0.25) is 0 Å². The van der Waals surface area contributed by atoms with Crippen LogP contribution >= 0.6 is 0 Å².